The summed E-state index contributed by atoms with van der Waals surface area (Å²) in [5.41, 5.74) is 1.16. The molecule has 0 aliphatic carbocycles. The van der Waals surface area contributed by atoms with E-state index < -0.39 is 18.5 Å². The highest BCUT2D eigenvalue weighted by Crippen LogP contribution is 2.32. The maximum atomic E-state index is 11.7. The molecule has 0 fully saturated rings. The Morgan fingerprint density at radius 3 is 2.59 bits per heavy atom. The standard InChI is InChI=1S/C11H15NO4S/c1-4-16-11(15)9-6(2)7(3)17-10(9)12-8(14)5-13/h13H,4-5H2,1-3H3,(H,12,14). The first-order valence-corrected chi connectivity index (χ1v) is 6.00. The molecule has 1 aromatic rings. The summed E-state index contributed by atoms with van der Waals surface area (Å²) in [5.74, 6) is -1.00. The zero-order valence-corrected chi connectivity index (χ0v) is 10.8. The van der Waals surface area contributed by atoms with E-state index in [-0.39, 0.29) is 6.61 Å². The van der Waals surface area contributed by atoms with E-state index in [0.717, 1.165) is 10.4 Å². The van der Waals surface area contributed by atoms with Crippen LogP contribution < -0.4 is 5.32 Å². The summed E-state index contributed by atoms with van der Waals surface area (Å²) < 4.78 is 4.93. The molecule has 0 bridgehead atoms. The summed E-state index contributed by atoms with van der Waals surface area (Å²) in [6, 6.07) is 0. The lowest BCUT2D eigenvalue weighted by molar-refractivity contribution is -0.118. The van der Waals surface area contributed by atoms with Crippen molar-refractivity contribution in [2.24, 2.45) is 0 Å². The van der Waals surface area contributed by atoms with Gasteiger partial charge >= 0.3 is 5.97 Å². The quantitative estimate of drug-likeness (QED) is 0.801. The number of ether oxygens (including phenoxy) is 1. The second-order valence-corrected chi connectivity index (χ2v) is 4.64. The first-order chi connectivity index (χ1) is 8.01. The number of hydrogen-bond acceptors (Lipinski definition) is 5. The molecule has 17 heavy (non-hydrogen) atoms. The lowest BCUT2D eigenvalue weighted by Gasteiger charge is -2.05. The number of aryl methyl sites for hydroxylation is 1. The predicted octanol–water partition coefficient (Wildman–Crippen LogP) is 1.47. The molecule has 0 aliphatic rings. The van der Waals surface area contributed by atoms with Gasteiger partial charge in [-0.15, -0.1) is 11.3 Å². The molecule has 0 spiro atoms. The number of hydrogen-bond donors (Lipinski definition) is 2. The third kappa shape index (κ3) is 3.04. The van der Waals surface area contributed by atoms with Gasteiger partial charge in [-0.3, -0.25) is 4.79 Å². The van der Waals surface area contributed by atoms with Gasteiger partial charge < -0.3 is 15.2 Å². The molecule has 2 N–H and O–H groups in total. The summed E-state index contributed by atoms with van der Waals surface area (Å²) in [6.07, 6.45) is 0. The molecule has 0 saturated heterocycles. The van der Waals surface area contributed by atoms with E-state index in [4.69, 9.17) is 9.84 Å². The molecule has 5 nitrogen and oxygen atoms in total. The monoisotopic (exact) mass is 257 g/mol. The lowest BCUT2D eigenvalue weighted by Crippen LogP contribution is -2.17. The van der Waals surface area contributed by atoms with Gasteiger partial charge in [0.25, 0.3) is 5.91 Å². The average Bonchev–Trinajstić information content (AvgIpc) is 2.54. The van der Waals surface area contributed by atoms with E-state index in [1.165, 1.54) is 11.3 Å². The van der Waals surface area contributed by atoms with Gasteiger partial charge in [-0.25, -0.2) is 4.79 Å². The Hall–Kier alpha value is -1.40. The van der Waals surface area contributed by atoms with Crippen LogP contribution in [0.5, 0.6) is 0 Å². The molecule has 0 unspecified atom stereocenters. The summed E-state index contributed by atoms with van der Waals surface area (Å²) in [4.78, 5) is 23.8. The maximum absolute atomic E-state index is 11.7. The highest BCUT2D eigenvalue weighted by atomic mass is 32.1. The number of rotatable bonds is 4. The molecular weight excluding hydrogens is 242 g/mol. The van der Waals surface area contributed by atoms with Gasteiger partial charge in [-0.2, -0.15) is 0 Å². The van der Waals surface area contributed by atoms with Gasteiger partial charge in [-0.1, -0.05) is 0 Å². The van der Waals surface area contributed by atoms with E-state index in [0.29, 0.717) is 10.6 Å². The van der Waals surface area contributed by atoms with Crippen LogP contribution in [0.2, 0.25) is 0 Å². The Balaban J connectivity index is 3.08. The van der Waals surface area contributed by atoms with Gasteiger partial charge in [0.15, 0.2) is 0 Å². The molecule has 1 amide bonds. The van der Waals surface area contributed by atoms with Crippen LogP contribution in [0, 0.1) is 13.8 Å². The second kappa shape index (κ2) is 5.79. The molecule has 0 saturated carbocycles. The molecule has 1 heterocycles. The number of nitrogens with one attached hydrogen (secondary N) is 1. The van der Waals surface area contributed by atoms with Crippen molar-refractivity contribution >= 4 is 28.2 Å². The van der Waals surface area contributed by atoms with Crippen molar-refractivity contribution in [2.75, 3.05) is 18.5 Å². The molecule has 0 aliphatic heterocycles. The van der Waals surface area contributed by atoms with Crippen molar-refractivity contribution in [3.05, 3.63) is 16.0 Å². The molecule has 94 valence electrons. The van der Waals surface area contributed by atoms with Crippen LogP contribution in [0.25, 0.3) is 0 Å². The SMILES string of the molecule is CCOC(=O)c1c(NC(=O)CO)sc(C)c1C. The summed E-state index contributed by atoms with van der Waals surface area (Å²) in [7, 11) is 0. The fourth-order valence-electron chi connectivity index (χ4n) is 1.33. The van der Waals surface area contributed by atoms with E-state index in [1.54, 1.807) is 13.8 Å². The maximum Gasteiger partial charge on any atom is 0.341 e. The van der Waals surface area contributed by atoms with Crippen LogP contribution in [-0.4, -0.2) is 30.2 Å². The minimum atomic E-state index is -0.613. The third-order valence-electron chi connectivity index (χ3n) is 2.26. The van der Waals surface area contributed by atoms with Crippen molar-refractivity contribution in [1.82, 2.24) is 0 Å². The van der Waals surface area contributed by atoms with Crippen LogP contribution in [0.15, 0.2) is 0 Å². The van der Waals surface area contributed by atoms with E-state index in [1.807, 2.05) is 6.92 Å². The van der Waals surface area contributed by atoms with Crippen molar-refractivity contribution in [3.63, 3.8) is 0 Å². The van der Waals surface area contributed by atoms with Crippen LogP contribution in [0.3, 0.4) is 0 Å². The van der Waals surface area contributed by atoms with Crippen LogP contribution in [-0.2, 0) is 9.53 Å². The van der Waals surface area contributed by atoms with E-state index >= 15 is 0 Å². The largest absolute Gasteiger partial charge is 0.462 e. The molecule has 0 radical (unpaired) electrons. The fourth-order valence-corrected chi connectivity index (χ4v) is 2.39. The van der Waals surface area contributed by atoms with Crippen molar-refractivity contribution in [1.29, 1.82) is 0 Å². The minimum Gasteiger partial charge on any atom is -0.462 e. The normalized spacial score (nSPS) is 10.1. The zero-order chi connectivity index (χ0) is 13.0. The minimum absolute atomic E-state index is 0.278. The number of carbonyl (C=O) groups excluding carboxylic acids is 2. The van der Waals surface area contributed by atoms with Gasteiger partial charge in [-0.05, 0) is 26.3 Å². The molecule has 1 rings (SSSR count). The van der Waals surface area contributed by atoms with E-state index in [2.05, 4.69) is 5.32 Å². The number of esters is 1. The van der Waals surface area contributed by atoms with Crippen LogP contribution in [0.4, 0.5) is 5.00 Å². The first kappa shape index (κ1) is 13.7. The number of amides is 1. The van der Waals surface area contributed by atoms with E-state index in [9.17, 15) is 9.59 Å². The van der Waals surface area contributed by atoms with Crippen LogP contribution in [0.1, 0.15) is 27.7 Å². The number of aliphatic hydroxyl groups is 1. The summed E-state index contributed by atoms with van der Waals surface area (Å²) in [5, 5.41) is 11.6. The van der Waals surface area contributed by atoms with Gasteiger partial charge in [0, 0.05) is 4.88 Å². The first-order valence-electron chi connectivity index (χ1n) is 5.19. The average molecular weight is 257 g/mol. The number of anilines is 1. The number of thiophene rings is 1. The summed E-state index contributed by atoms with van der Waals surface area (Å²) in [6.45, 7) is 5.04. The molecule has 6 heteroatoms. The summed E-state index contributed by atoms with van der Waals surface area (Å²) >= 11 is 1.29. The molecule has 0 atom stereocenters. The molecule has 1 aromatic heterocycles. The zero-order valence-electron chi connectivity index (χ0n) is 9.99. The van der Waals surface area contributed by atoms with Gasteiger partial charge in [0.2, 0.25) is 0 Å². The third-order valence-corrected chi connectivity index (χ3v) is 3.38. The Morgan fingerprint density at radius 2 is 2.06 bits per heavy atom. The van der Waals surface area contributed by atoms with Crippen LogP contribution >= 0.6 is 11.3 Å². The predicted molar refractivity (Wildman–Crippen MR) is 65.5 cm³/mol. The smallest absolute Gasteiger partial charge is 0.341 e. The lowest BCUT2D eigenvalue weighted by atomic mass is 10.1. The Kier molecular flexibility index (Phi) is 4.65. The Bertz CT molecular complexity index is 439. The fraction of sp³-hybridized carbons (Fsp3) is 0.455. The highest BCUT2D eigenvalue weighted by Gasteiger charge is 2.21. The second-order valence-electron chi connectivity index (χ2n) is 3.41. The number of aliphatic hydroxyl groups excluding tert-OH is 1. The van der Waals surface area contributed by atoms with Crippen molar-refractivity contribution in [3.8, 4) is 0 Å². The number of carbonyl (C=O) groups is 2. The Labute approximate surface area is 103 Å². The van der Waals surface area contributed by atoms with Crippen molar-refractivity contribution < 1.29 is 19.4 Å². The van der Waals surface area contributed by atoms with Gasteiger partial charge in [0.05, 0.1) is 12.2 Å². The topological polar surface area (TPSA) is 75.6 Å². The Morgan fingerprint density at radius 1 is 1.41 bits per heavy atom. The highest BCUT2D eigenvalue weighted by molar-refractivity contribution is 7.16. The van der Waals surface area contributed by atoms with Crippen molar-refractivity contribution in [2.45, 2.75) is 20.8 Å². The molecular formula is C11H15NO4S. The van der Waals surface area contributed by atoms with Gasteiger partial charge in [0.1, 0.15) is 11.6 Å². The molecule has 0 aromatic carbocycles.